The number of halogens is 3. The minimum absolute atomic E-state index is 0.383. The molecule has 0 unspecified atom stereocenters. The molecule has 14 heavy (non-hydrogen) atoms. The topological polar surface area (TPSA) is 0 Å². The van der Waals surface area contributed by atoms with Crippen molar-refractivity contribution in [2.45, 2.75) is 54.6 Å². The van der Waals surface area contributed by atoms with E-state index in [1.54, 1.807) is 13.8 Å². The van der Waals surface area contributed by atoms with E-state index in [2.05, 4.69) is 0 Å². The molecule has 0 nitrogen and oxygen atoms in total. The first-order valence-corrected chi connectivity index (χ1v) is 4.82. The van der Waals surface area contributed by atoms with Crippen molar-refractivity contribution in [3.63, 3.8) is 0 Å². The van der Waals surface area contributed by atoms with Gasteiger partial charge in [-0.05, 0) is 10.8 Å². The first-order chi connectivity index (χ1) is 5.75. The molecule has 0 aliphatic rings. The van der Waals surface area contributed by atoms with Crippen molar-refractivity contribution in [2.24, 2.45) is 16.2 Å². The number of alkyl halides is 3. The van der Waals surface area contributed by atoms with Gasteiger partial charge in [-0.1, -0.05) is 48.5 Å². The minimum atomic E-state index is -4.16. The van der Waals surface area contributed by atoms with Gasteiger partial charge in [0, 0.05) is 0 Å². The van der Waals surface area contributed by atoms with Crippen LogP contribution in [0, 0.1) is 16.2 Å². The molecule has 0 aliphatic heterocycles. The van der Waals surface area contributed by atoms with Gasteiger partial charge < -0.3 is 0 Å². The van der Waals surface area contributed by atoms with Gasteiger partial charge in [0.2, 0.25) is 0 Å². The Kier molecular flexibility index (Phi) is 3.09. The van der Waals surface area contributed by atoms with E-state index in [1.807, 2.05) is 20.8 Å². The summed E-state index contributed by atoms with van der Waals surface area (Å²) in [4.78, 5) is 0. The van der Waals surface area contributed by atoms with Crippen molar-refractivity contribution in [3.8, 4) is 0 Å². The Bertz CT molecular complexity index is 180. The summed E-state index contributed by atoms with van der Waals surface area (Å²) < 4.78 is 38.6. The van der Waals surface area contributed by atoms with Gasteiger partial charge in [0.1, 0.15) is 0 Å². The van der Waals surface area contributed by atoms with E-state index >= 15 is 0 Å². The third kappa shape index (κ3) is 1.91. The lowest BCUT2D eigenvalue weighted by Gasteiger charge is -2.51. The van der Waals surface area contributed by atoms with Crippen LogP contribution >= 0.6 is 0 Å². The molecule has 0 bridgehead atoms. The zero-order valence-corrected chi connectivity index (χ0v) is 10.1. The van der Waals surface area contributed by atoms with Crippen molar-refractivity contribution in [3.05, 3.63) is 0 Å². The fourth-order valence-electron chi connectivity index (χ4n) is 1.29. The highest BCUT2D eigenvalue weighted by atomic mass is 19.4. The molecule has 0 spiro atoms. The van der Waals surface area contributed by atoms with Gasteiger partial charge in [0.25, 0.3) is 0 Å². The average Bonchev–Trinajstić information content (AvgIpc) is 1.81. The second-order valence-electron chi connectivity index (χ2n) is 6.00. The summed E-state index contributed by atoms with van der Waals surface area (Å²) in [5.74, 6) is 0. The van der Waals surface area contributed by atoms with Crippen LogP contribution in [0.15, 0.2) is 0 Å². The molecule has 0 atom stereocenters. The van der Waals surface area contributed by atoms with E-state index in [9.17, 15) is 13.2 Å². The van der Waals surface area contributed by atoms with Crippen LogP contribution in [0.25, 0.3) is 0 Å². The summed E-state index contributed by atoms with van der Waals surface area (Å²) in [7, 11) is 0. The van der Waals surface area contributed by atoms with Crippen LogP contribution in [0.2, 0.25) is 0 Å². The summed E-state index contributed by atoms with van der Waals surface area (Å²) in [6.07, 6.45) is -4.16. The molecule has 0 fully saturated rings. The molecule has 0 aromatic heterocycles. The lowest BCUT2D eigenvalue weighted by atomic mass is 9.55. The lowest BCUT2D eigenvalue weighted by molar-refractivity contribution is -0.263. The zero-order valence-electron chi connectivity index (χ0n) is 10.1. The SMILES string of the molecule is CC(C)(C)C(C)(C)C(C)(C)C(F)(F)F. The highest BCUT2D eigenvalue weighted by Crippen LogP contribution is 2.57. The summed E-state index contributed by atoms with van der Waals surface area (Å²) in [5.41, 5.74) is -2.87. The number of rotatable bonds is 1. The molecule has 86 valence electrons. The Balaban J connectivity index is 5.30. The minimum Gasteiger partial charge on any atom is -0.171 e. The van der Waals surface area contributed by atoms with Gasteiger partial charge in [0.05, 0.1) is 5.41 Å². The Morgan fingerprint density at radius 1 is 0.571 bits per heavy atom. The Morgan fingerprint density at radius 2 is 0.857 bits per heavy atom. The van der Waals surface area contributed by atoms with E-state index in [0.29, 0.717) is 0 Å². The molecule has 0 rings (SSSR count). The van der Waals surface area contributed by atoms with Crippen LogP contribution in [0.4, 0.5) is 13.2 Å². The summed E-state index contributed by atoms with van der Waals surface area (Å²) in [6.45, 7) is 11.5. The van der Waals surface area contributed by atoms with Gasteiger partial charge in [-0.15, -0.1) is 0 Å². The standard InChI is InChI=1S/C11H21F3/c1-8(2,3)9(4,5)10(6,7)11(12,13)14/h1-7H3. The largest absolute Gasteiger partial charge is 0.394 e. The summed E-state index contributed by atoms with van der Waals surface area (Å²) >= 11 is 0. The smallest absolute Gasteiger partial charge is 0.171 e. The molecular formula is C11H21F3. The Labute approximate surface area is 84.9 Å². The zero-order chi connectivity index (χ0) is 12.0. The molecular weight excluding hydrogens is 189 g/mol. The maximum atomic E-state index is 12.9. The molecule has 0 saturated heterocycles. The third-order valence-corrected chi connectivity index (χ3v) is 4.15. The molecule has 0 aromatic rings. The Hall–Kier alpha value is -0.210. The van der Waals surface area contributed by atoms with E-state index in [0.717, 1.165) is 0 Å². The van der Waals surface area contributed by atoms with E-state index in [-0.39, 0.29) is 5.41 Å². The van der Waals surface area contributed by atoms with Crippen molar-refractivity contribution in [1.29, 1.82) is 0 Å². The van der Waals surface area contributed by atoms with Gasteiger partial charge >= 0.3 is 6.18 Å². The predicted molar refractivity (Wildman–Crippen MR) is 53.1 cm³/mol. The van der Waals surface area contributed by atoms with E-state index in [4.69, 9.17) is 0 Å². The van der Waals surface area contributed by atoms with Gasteiger partial charge in [-0.3, -0.25) is 0 Å². The number of hydrogen-bond acceptors (Lipinski definition) is 0. The van der Waals surface area contributed by atoms with E-state index < -0.39 is 17.0 Å². The molecule has 0 amide bonds. The maximum Gasteiger partial charge on any atom is 0.394 e. The molecule has 0 N–H and O–H groups in total. The van der Waals surface area contributed by atoms with Gasteiger partial charge in [0.15, 0.2) is 0 Å². The first kappa shape index (κ1) is 13.8. The summed E-state index contributed by atoms with van der Waals surface area (Å²) in [6, 6.07) is 0. The number of hydrogen-bond donors (Lipinski definition) is 0. The van der Waals surface area contributed by atoms with Crippen LogP contribution in [0.3, 0.4) is 0 Å². The van der Waals surface area contributed by atoms with Crippen molar-refractivity contribution in [2.75, 3.05) is 0 Å². The molecule has 0 saturated carbocycles. The molecule has 0 radical (unpaired) electrons. The fourth-order valence-corrected chi connectivity index (χ4v) is 1.29. The van der Waals surface area contributed by atoms with Crippen LogP contribution in [-0.2, 0) is 0 Å². The van der Waals surface area contributed by atoms with Crippen molar-refractivity contribution in [1.82, 2.24) is 0 Å². The molecule has 0 aromatic carbocycles. The van der Waals surface area contributed by atoms with Gasteiger partial charge in [-0.2, -0.15) is 13.2 Å². The monoisotopic (exact) mass is 210 g/mol. The maximum absolute atomic E-state index is 12.9. The first-order valence-electron chi connectivity index (χ1n) is 4.82. The second-order valence-corrected chi connectivity index (χ2v) is 6.00. The highest BCUT2D eigenvalue weighted by Gasteiger charge is 2.59. The lowest BCUT2D eigenvalue weighted by Crippen LogP contribution is -2.51. The fraction of sp³-hybridized carbons (Fsp3) is 1.00. The molecule has 0 heterocycles. The van der Waals surface area contributed by atoms with Crippen LogP contribution in [0.5, 0.6) is 0 Å². The van der Waals surface area contributed by atoms with Crippen LogP contribution in [0.1, 0.15) is 48.5 Å². The van der Waals surface area contributed by atoms with Crippen LogP contribution < -0.4 is 0 Å². The third-order valence-electron chi connectivity index (χ3n) is 4.15. The van der Waals surface area contributed by atoms with Crippen LogP contribution in [-0.4, -0.2) is 6.18 Å². The molecule has 3 heteroatoms. The summed E-state index contributed by atoms with van der Waals surface area (Å²) in [5, 5.41) is 0. The van der Waals surface area contributed by atoms with E-state index in [1.165, 1.54) is 13.8 Å². The van der Waals surface area contributed by atoms with Crippen molar-refractivity contribution >= 4 is 0 Å². The average molecular weight is 210 g/mol. The second kappa shape index (κ2) is 3.14. The van der Waals surface area contributed by atoms with Gasteiger partial charge in [-0.25, -0.2) is 0 Å². The predicted octanol–water partition coefficient (Wildman–Crippen LogP) is 4.65. The molecule has 0 aliphatic carbocycles. The quantitative estimate of drug-likeness (QED) is 0.591. The Morgan fingerprint density at radius 3 is 0.929 bits per heavy atom. The van der Waals surface area contributed by atoms with Crippen molar-refractivity contribution < 1.29 is 13.2 Å². The highest BCUT2D eigenvalue weighted by molar-refractivity contribution is 4.97. The normalized spacial score (nSPS) is 15.9.